The smallest absolute Gasteiger partial charge is 0.264 e. The van der Waals surface area contributed by atoms with E-state index < -0.39 is 20.0 Å². The summed E-state index contributed by atoms with van der Waals surface area (Å²) in [6.07, 6.45) is 0. The van der Waals surface area contributed by atoms with Crippen LogP contribution in [-0.4, -0.2) is 68.6 Å². The van der Waals surface area contributed by atoms with Gasteiger partial charge in [0.05, 0.1) is 45.6 Å². The van der Waals surface area contributed by atoms with Crippen molar-refractivity contribution >= 4 is 66.2 Å². The second kappa shape index (κ2) is 11.6. The third kappa shape index (κ3) is 5.89. The van der Waals surface area contributed by atoms with Crippen molar-refractivity contribution in [3.63, 3.8) is 0 Å². The SMILES string of the molecule is COc1ccc(N(C)S(=O)(=O)c2ccc(OC)c(N3CCN(S(=O)(=O)c4cc(Cl)c(Cl)cc4Cl)CC3)c2)cc1. The van der Waals surface area contributed by atoms with Crippen LogP contribution in [0.25, 0.3) is 0 Å². The predicted octanol–water partition coefficient (Wildman–Crippen LogP) is 5.00. The standard InChI is InChI=1S/C25H26Cl3N3O6S2/c1-29(17-4-6-18(36-2)7-5-17)38(32,33)19-8-9-24(37-3)23(14-19)30-10-12-31(13-11-30)39(34,35)25-16-21(27)20(26)15-22(25)28/h4-9,14-16H,10-13H2,1-3H3. The lowest BCUT2D eigenvalue weighted by Gasteiger charge is -2.36. The molecule has 1 heterocycles. The Kier molecular flexibility index (Phi) is 8.79. The van der Waals surface area contributed by atoms with Crippen molar-refractivity contribution in [3.8, 4) is 11.5 Å². The number of benzene rings is 3. The first kappa shape index (κ1) is 29.6. The molecule has 1 aliphatic rings. The molecule has 9 nitrogen and oxygen atoms in total. The van der Waals surface area contributed by atoms with Gasteiger partial charge in [-0.05, 0) is 54.6 Å². The summed E-state index contributed by atoms with van der Waals surface area (Å²) in [5.41, 5.74) is 0.999. The van der Waals surface area contributed by atoms with Gasteiger partial charge in [-0.15, -0.1) is 0 Å². The van der Waals surface area contributed by atoms with Crippen molar-refractivity contribution in [1.29, 1.82) is 0 Å². The summed E-state index contributed by atoms with van der Waals surface area (Å²) in [5, 5.41) is 0.220. The van der Waals surface area contributed by atoms with Gasteiger partial charge in [-0.1, -0.05) is 34.8 Å². The molecular formula is C25H26Cl3N3O6S2. The van der Waals surface area contributed by atoms with Crippen LogP contribution in [0, 0.1) is 0 Å². The van der Waals surface area contributed by atoms with Gasteiger partial charge in [0.1, 0.15) is 16.4 Å². The van der Waals surface area contributed by atoms with Crippen molar-refractivity contribution in [3.05, 3.63) is 69.7 Å². The van der Waals surface area contributed by atoms with E-state index in [1.807, 2.05) is 4.90 Å². The number of rotatable bonds is 8. The number of sulfonamides is 2. The Morgan fingerprint density at radius 3 is 1.97 bits per heavy atom. The van der Waals surface area contributed by atoms with E-state index in [0.717, 1.165) is 0 Å². The van der Waals surface area contributed by atoms with Gasteiger partial charge in [-0.2, -0.15) is 4.31 Å². The van der Waals surface area contributed by atoms with Crippen LogP contribution in [0.1, 0.15) is 0 Å². The van der Waals surface area contributed by atoms with Gasteiger partial charge in [0, 0.05) is 33.2 Å². The highest BCUT2D eigenvalue weighted by atomic mass is 35.5. The van der Waals surface area contributed by atoms with Gasteiger partial charge >= 0.3 is 0 Å². The molecule has 3 aromatic carbocycles. The molecule has 0 N–H and O–H groups in total. The largest absolute Gasteiger partial charge is 0.497 e. The molecule has 1 saturated heterocycles. The molecule has 0 radical (unpaired) electrons. The van der Waals surface area contributed by atoms with Crippen molar-refractivity contribution in [2.24, 2.45) is 0 Å². The van der Waals surface area contributed by atoms with Gasteiger partial charge in [-0.25, -0.2) is 16.8 Å². The lowest BCUT2D eigenvalue weighted by atomic mass is 10.2. The zero-order valence-corrected chi connectivity index (χ0v) is 25.2. The molecule has 0 atom stereocenters. The van der Waals surface area contributed by atoms with E-state index in [4.69, 9.17) is 44.3 Å². The molecule has 1 fully saturated rings. The van der Waals surface area contributed by atoms with Crippen molar-refractivity contribution in [1.82, 2.24) is 4.31 Å². The number of anilines is 2. The minimum Gasteiger partial charge on any atom is -0.497 e. The fourth-order valence-electron chi connectivity index (χ4n) is 4.18. The molecule has 0 aliphatic carbocycles. The van der Waals surface area contributed by atoms with Crippen LogP contribution in [0.4, 0.5) is 11.4 Å². The van der Waals surface area contributed by atoms with Gasteiger partial charge in [0.2, 0.25) is 10.0 Å². The zero-order chi connectivity index (χ0) is 28.5. The van der Waals surface area contributed by atoms with E-state index in [2.05, 4.69) is 0 Å². The van der Waals surface area contributed by atoms with Crippen LogP contribution in [0.15, 0.2) is 64.4 Å². The first-order valence-corrected chi connectivity index (χ1v) is 15.6. The van der Waals surface area contributed by atoms with Gasteiger partial charge in [0.25, 0.3) is 10.0 Å². The van der Waals surface area contributed by atoms with E-state index in [9.17, 15) is 16.8 Å². The molecule has 0 spiro atoms. The number of ether oxygens (including phenoxy) is 2. The lowest BCUT2D eigenvalue weighted by Crippen LogP contribution is -2.48. The molecule has 0 unspecified atom stereocenters. The van der Waals surface area contributed by atoms with Crippen LogP contribution in [-0.2, 0) is 20.0 Å². The molecule has 0 bridgehead atoms. The minimum absolute atomic E-state index is 0.0209. The zero-order valence-electron chi connectivity index (χ0n) is 21.3. The normalized spacial score (nSPS) is 14.8. The van der Waals surface area contributed by atoms with Gasteiger partial charge in [-0.3, -0.25) is 4.31 Å². The molecule has 0 aromatic heterocycles. The van der Waals surface area contributed by atoms with Crippen molar-refractivity contribution in [2.45, 2.75) is 9.79 Å². The Bertz CT molecular complexity index is 1580. The van der Waals surface area contributed by atoms with E-state index in [0.29, 0.717) is 22.9 Å². The van der Waals surface area contributed by atoms with Crippen LogP contribution in [0.2, 0.25) is 15.1 Å². The quantitative estimate of drug-likeness (QED) is 0.322. The number of nitrogens with zero attached hydrogens (tertiary/aromatic N) is 3. The Balaban J connectivity index is 1.58. The summed E-state index contributed by atoms with van der Waals surface area (Å²) in [6.45, 7) is 0.828. The molecule has 14 heteroatoms. The van der Waals surface area contributed by atoms with E-state index >= 15 is 0 Å². The summed E-state index contributed by atoms with van der Waals surface area (Å²) in [5.74, 6) is 1.07. The van der Waals surface area contributed by atoms with E-state index in [1.54, 1.807) is 30.3 Å². The minimum atomic E-state index is -3.94. The third-order valence-electron chi connectivity index (χ3n) is 6.42. The first-order valence-electron chi connectivity index (χ1n) is 11.6. The lowest BCUT2D eigenvalue weighted by molar-refractivity contribution is 0.378. The van der Waals surface area contributed by atoms with E-state index in [1.165, 1.54) is 54.1 Å². The number of piperazine rings is 1. The van der Waals surface area contributed by atoms with Crippen molar-refractivity contribution in [2.75, 3.05) is 56.7 Å². The van der Waals surface area contributed by atoms with Gasteiger partial charge < -0.3 is 14.4 Å². The summed E-state index contributed by atoms with van der Waals surface area (Å²) in [4.78, 5) is 1.82. The molecule has 0 saturated carbocycles. The summed E-state index contributed by atoms with van der Waals surface area (Å²) < 4.78 is 66.6. The second-order valence-electron chi connectivity index (χ2n) is 8.59. The molecule has 0 amide bonds. The van der Waals surface area contributed by atoms with Crippen LogP contribution in [0.3, 0.4) is 0 Å². The third-order valence-corrected chi connectivity index (χ3v) is 11.3. The highest BCUT2D eigenvalue weighted by Crippen LogP contribution is 2.36. The van der Waals surface area contributed by atoms with Crippen LogP contribution < -0.4 is 18.7 Å². The monoisotopic (exact) mass is 633 g/mol. The van der Waals surface area contributed by atoms with Crippen LogP contribution >= 0.6 is 34.8 Å². The maximum absolute atomic E-state index is 13.5. The Hall–Kier alpha value is -2.41. The number of hydrogen-bond donors (Lipinski definition) is 0. The van der Waals surface area contributed by atoms with Gasteiger partial charge in [0.15, 0.2) is 0 Å². The second-order valence-corrected chi connectivity index (χ2v) is 13.7. The van der Waals surface area contributed by atoms with E-state index in [-0.39, 0.29) is 51.0 Å². The summed E-state index contributed by atoms with van der Waals surface area (Å²) in [6, 6.07) is 13.8. The van der Waals surface area contributed by atoms with Crippen LogP contribution in [0.5, 0.6) is 11.5 Å². The Morgan fingerprint density at radius 2 is 1.38 bits per heavy atom. The number of methoxy groups -OCH3 is 2. The molecular weight excluding hydrogens is 609 g/mol. The fourth-order valence-corrected chi connectivity index (χ4v) is 7.79. The predicted molar refractivity (Wildman–Crippen MR) is 154 cm³/mol. The number of hydrogen-bond acceptors (Lipinski definition) is 7. The number of halogens is 3. The Labute approximate surface area is 243 Å². The molecule has 4 rings (SSSR count). The maximum Gasteiger partial charge on any atom is 0.264 e. The average molecular weight is 635 g/mol. The maximum atomic E-state index is 13.5. The fraction of sp³-hybridized carbons (Fsp3) is 0.280. The topological polar surface area (TPSA) is 96.5 Å². The summed E-state index contributed by atoms with van der Waals surface area (Å²) >= 11 is 18.2. The first-order chi connectivity index (χ1) is 18.4. The molecule has 3 aromatic rings. The molecule has 1 aliphatic heterocycles. The molecule has 39 heavy (non-hydrogen) atoms. The Morgan fingerprint density at radius 1 is 0.769 bits per heavy atom. The van der Waals surface area contributed by atoms with Crippen molar-refractivity contribution < 1.29 is 26.3 Å². The average Bonchev–Trinajstić information content (AvgIpc) is 2.94. The molecule has 210 valence electrons. The highest BCUT2D eigenvalue weighted by molar-refractivity contribution is 7.92. The highest BCUT2D eigenvalue weighted by Gasteiger charge is 2.32. The summed E-state index contributed by atoms with van der Waals surface area (Å²) in [7, 11) is -3.36.